The Balaban J connectivity index is 1.72. The van der Waals surface area contributed by atoms with E-state index in [9.17, 15) is 4.79 Å². The number of benzene rings is 1. The average molecular weight is 288 g/mol. The third-order valence-electron chi connectivity index (χ3n) is 3.95. The molecule has 0 unspecified atom stereocenters. The van der Waals surface area contributed by atoms with E-state index in [0.29, 0.717) is 31.0 Å². The highest BCUT2D eigenvalue weighted by atomic mass is 16.3. The normalized spacial score (nSPS) is 16.5. The van der Waals surface area contributed by atoms with E-state index in [1.807, 2.05) is 29.2 Å². The molecular weight excluding hydrogens is 268 g/mol. The van der Waals surface area contributed by atoms with Gasteiger partial charge in [-0.3, -0.25) is 9.69 Å². The first kappa shape index (κ1) is 13.9. The number of fused-ring (bicyclic) bond motifs is 1. The third-order valence-corrected chi connectivity index (χ3v) is 3.95. The van der Waals surface area contributed by atoms with Gasteiger partial charge in [0.25, 0.3) is 5.91 Å². The molecule has 0 bridgehead atoms. The van der Waals surface area contributed by atoms with Crippen molar-refractivity contribution in [1.29, 1.82) is 0 Å². The number of aromatic nitrogens is 1. The van der Waals surface area contributed by atoms with E-state index in [2.05, 4.69) is 9.88 Å². The average Bonchev–Trinajstić information content (AvgIpc) is 2.90. The molecule has 4 N–H and O–H groups in total. The van der Waals surface area contributed by atoms with E-state index < -0.39 is 0 Å². The Bertz CT molecular complexity index is 644. The van der Waals surface area contributed by atoms with Gasteiger partial charge in [-0.1, -0.05) is 0 Å². The quantitative estimate of drug-likeness (QED) is 0.718. The Hall–Kier alpha value is -2.05. The number of aromatic amines is 1. The molecular formula is C15H20N4O2. The van der Waals surface area contributed by atoms with Gasteiger partial charge in [-0.25, -0.2) is 0 Å². The lowest BCUT2D eigenvalue weighted by molar-refractivity contribution is 0.0610. The summed E-state index contributed by atoms with van der Waals surface area (Å²) in [5, 5.41) is 9.89. The van der Waals surface area contributed by atoms with Gasteiger partial charge in [0.2, 0.25) is 0 Å². The van der Waals surface area contributed by atoms with Crippen molar-refractivity contribution in [3.63, 3.8) is 0 Å². The van der Waals surface area contributed by atoms with E-state index in [-0.39, 0.29) is 12.5 Å². The molecule has 0 radical (unpaired) electrons. The van der Waals surface area contributed by atoms with Crippen LogP contribution in [0.25, 0.3) is 10.9 Å². The first-order valence-electron chi connectivity index (χ1n) is 7.18. The van der Waals surface area contributed by atoms with Gasteiger partial charge < -0.3 is 20.7 Å². The van der Waals surface area contributed by atoms with Crippen LogP contribution in [-0.4, -0.2) is 65.1 Å². The number of β-amino-alcohol motifs (C(OH)–C–C–N with tert-alkyl or cyclic N) is 1. The molecule has 0 saturated carbocycles. The number of hydrogen-bond donors (Lipinski definition) is 3. The summed E-state index contributed by atoms with van der Waals surface area (Å²) in [4.78, 5) is 19.7. The van der Waals surface area contributed by atoms with Gasteiger partial charge in [-0.15, -0.1) is 0 Å². The molecule has 1 aromatic carbocycles. The Morgan fingerprint density at radius 1 is 1.24 bits per heavy atom. The number of hydrogen-bond acceptors (Lipinski definition) is 4. The minimum Gasteiger partial charge on any atom is -0.399 e. The summed E-state index contributed by atoms with van der Waals surface area (Å²) in [6.45, 7) is 3.83. The second kappa shape index (κ2) is 5.75. The van der Waals surface area contributed by atoms with Crippen LogP contribution in [0.4, 0.5) is 5.69 Å². The summed E-state index contributed by atoms with van der Waals surface area (Å²) in [6.07, 6.45) is 0. The number of nitrogens with zero attached hydrogens (tertiary/aromatic N) is 2. The maximum atomic E-state index is 12.5. The number of amides is 1. The minimum atomic E-state index is 0.0217. The number of anilines is 1. The van der Waals surface area contributed by atoms with Crippen LogP contribution in [0.5, 0.6) is 0 Å². The predicted molar refractivity (Wildman–Crippen MR) is 82.1 cm³/mol. The fraction of sp³-hybridized carbons (Fsp3) is 0.400. The zero-order chi connectivity index (χ0) is 14.8. The summed E-state index contributed by atoms with van der Waals surface area (Å²) in [6, 6.07) is 7.43. The second-order valence-electron chi connectivity index (χ2n) is 5.39. The Kier molecular flexibility index (Phi) is 3.81. The largest absolute Gasteiger partial charge is 0.399 e. The van der Waals surface area contributed by atoms with Gasteiger partial charge in [0, 0.05) is 49.3 Å². The number of carbonyl (C=O) groups excluding carboxylic acids is 1. The molecule has 1 saturated heterocycles. The van der Waals surface area contributed by atoms with Gasteiger partial charge in [-0.05, 0) is 24.3 Å². The molecule has 3 rings (SSSR count). The third kappa shape index (κ3) is 2.86. The molecule has 112 valence electrons. The molecule has 2 aromatic rings. The van der Waals surface area contributed by atoms with Crippen molar-refractivity contribution in [3.8, 4) is 0 Å². The maximum absolute atomic E-state index is 12.5. The first-order valence-corrected chi connectivity index (χ1v) is 7.18. The summed E-state index contributed by atoms with van der Waals surface area (Å²) in [7, 11) is 0. The highest BCUT2D eigenvalue weighted by Crippen LogP contribution is 2.19. The van der Waals surface area contributed by atoms with Gasteiger partial charge in [0.1, 0.15) is 5.69 Å². The van der Waals surface area contributed by atoms with Crippen LogP contribution in [0.3, 0.4) is 0 Å². The van der Waals surface area contributed by atoms with Crippen LogP contribution in [0.2, 0.25) is 0 Å². The SMILES string of the molecule is Nc1ccc2[nH]c(C(=O)N3CCN(CCO)CC3)cc2c1. The minimum absolute atomic E-state index is 0.0217. The van der Waals surface area contributed by atoms with Crippen molar-refractivity contribution < 1.29 is 9.90 Å². The molecule has 2 heterocycles. The molecule has 1 aliphatic rings. The van der Waals surface area contributed by atoms with E-state index >= 15 is 0 Å². The number of aliphatic hydroxyl groups is 1. The molecule has 6 heteroatoms. The molecule has 1 amide bonds. The summed E-state index contributed by atoms with van der Waals surface area (Å²) < 4.78 is 0. The Morgan fingerprint density at radius 2 is 2.00 bits per heavy atom. The van der Waals surface area contributed by atoms with E-state index in [4.69, 9.17) is 10.8 Å². The number of nitrogens with one attached hydrogen (secondary N) is 1. The molecule has 0 atom stereocenters. The van der Waals surface area contributed by atoms with Crippen molar-refractivity contribution in [2.75, 3.05) is 45.1 Å². The summed E-state index contributed by atoms with van der Waals surface area (Å²) >= 11 is 0. The van der Waals surface area contributed by atoms with Crippen LogP contribution in [-0.2, 0) is 0 Å². The van der Waals surface area contributed by atoms with Crippen LogP contribution < -0.4 is 5.73 Å². The molecule has 1 fully saturated rings. The summed E-state index contributed by atoms with van der Waals surface area (Å²) in [5.74, 6) is 0.0217. The molecule has 0 aliphatic carbocycles. The smallest absolute Gasteiger partial charge is 0.270 e. The number of H-pyrrole nitrogens is 1. The highest BCUT2D eigenvalue weighted by Gasteiger charge is 2.22. The number of aliphatic hydroxyl groups excluding tert-OH is 1. The van der Waals surface area contributed by atoms with E-state index in [1.54, 1.807) is 0 Å². The van der Waals surface area contributed by atoms with Gasteiger partial charge in [-0.2, -0.15) is 0 Å². The lowest BCUT2D eigenvalue weighted by atomic mass is 10.2. The first-order chi connectivity index (χ1) is 10.2. The topological polar surface area (TPSA) is 85.6 Å². The van der Waals surface area contributed by atoms with Gasteiger partial charge in [0.15, 0.2) is 0 Å². The number of piperazine rings is 1. The van der Waals surface area contributed by atoms with Crippen LogP contribution in [0.15, 0.2) is 24.3 Å². The lowest BCUT2D eigenvalue weighted by Crippen LogP contribution is -2.49. The van der Waals surface area contributed by atoms with Crippen molar-refractivity contribution in [1.82, 2.24) is 14.8 Å². The molecule has 21 heavy (non-hydrogen) atoms. The van der Waals surface area contributed by atoms with Gasteiger partial charge in [0.05, 0.1) is 6.61 Å². The van der Waals surface area contributed by atoms with E-state index in [1.165, 1.54) is 0 Å². The number of nitrogen functional groups attached to an aromatic ring is 1. The molecule has 1 aliphatic heterocycles. The summed E-state index contributed by atoms with van der Waals surface area (Å²) in [5.41, 5.74) is 7.98. The number of nitrogens with two attached hydrogens (primary N) is 1. The van der Waals surface area contributed by atoms with Crippen molar-refractivity contribution in [2.24, 2.45) is 0 Å². The second-order valence-corrected chi connectivity index (χ2v) is 5.39. The highest BCUT2D eigenvalue weighted by molar-refractivity contribution is 5.98. The monoisotopic (exact) mass is 288 g/mol. The molecule has 1 aromatic heterocycles. The van der Waals surface area contributed by atoms with Crippen molar-refractivity contribution in [3.05, 3.63) is 30.0 Å². The zero-order valence-electron chi connectivity index (χ0n) is 11.9. The van der Waals surface area contributed by atoms with Crippen molar-refractivity contribution in [2.45, 2.75) is 0 Å². The van der Waals surface area contributed by atoms with Crippen LogP contribution in [0.1, 0.15) is 10.5 Å². The predicted octanol–water partition coefficient (Wildman–Crippen LogP) is 0.500. The Morgan fingerprint density at radius 3 is 2.71 bits per heavy atom. The standard InChI is InChI=1S/C15H20N4O2/c16-12-1-2-13-11(9-12)10-14(17-13)15(21)19-5-3-18(4-6-19)7-8-20/h1-2,9-10,17,20H,3-8,16H2. The number of rotatable bonds is 3. The zero-order valence-corrected chi connectivity index (χ0v) is 11.9. The van der Waals surface area contributed by atoms with E-state index in [0.717, 1.165) is 24.0 Å². The fourth-order valence-corrected chi connectivity index (χ4v) is 2.75. The maximum Gasteiger partial charge on any atom is 0.270 e. The lowest BCUT2D eigenvalue weighted by Gasteiger charge is -2.34. The van der Waals surface area contributed by atoms with Crippen LogP contribution in [0, 0.1) is 0 Å². The number of carbonyl (C=O) groups is 1. The Labute approximate surface area is 123 Å². The molecule has 6 nitrogen and oxygen atoms in total. The van der Waals surface area contributed by atoms with Crippen LogP contribution >= 0.6 is 0 Å². The van der Waals surface area contributed by atoms with Gasteiger partial charge >= 0.3 is 0 Å². The fourth-order valence-electron chi connectivity index (χ4n) is 2.75. The van der Waals surface area contributed by atoms with Crippen molar-refractivity contribution >= 4 is 22.5 Å². The molecule has 0 spiro atoms.